The quantitative estimate of drug-likeness (QED) is 0.0519. The molecule has 0 saturated carbocycles. The lowest BCUT2D eigenvalue weighted by molar-refractivity contribution is 0.101. The predicted molar refractivity (Wildman–Crippen MR) is 433 cm³/mol. The van der Waals surface area contributed by atoms with Crippen LogP contribution in [-0.4, -0.2) is 164 Å². The first-order valence-electron chi connectivity index (χ1n) is 32.5. The summed E-state index contributed by atoms with van der Waals surface area (Å²) in [4.78, 5) is 97.9. The molecule has 0 aliphatic carbocycles. The zero-order valence-electron chi connectivity index (χ0n) is 63.2. The van der Waals surface area contributed by atoms with Gasteiger partial charge < -0.3 is 31.7 Å². The van der Waals surface area contributed by atoms with Crippen LogP contribution < -0.4 is 26.6 Å². The lowest BCUT2D eigenvalue weighted by Crippen LogP contribution is -2.17. The molecule has 0 atom stereocenters. The summed E-state index contributed by atoms with van der Waals surface area (Å²) in [7, 11) is -18.1. The zero-order valence-corrected chi connectivity index (χ0v) is 71.1. The molecule has 0 aliphatic rings. The normalized spacial score (nSPS) is 11.1. The molecule has 41 heteroatoms. The Hall–Kier alpha value is -9.99. The molecule has 5 heterocycles. The second-order valence-corrected chi connectivity index (χ2v) is 36.3. The number of sulfone groups is 5. The Morgan fingerprint density at radius 1 is 0.283 bits per heavy atom. The van der Waals surface area contributed by atoms with Gasteiger partial charge in [-0.15, -0.1) is 0 Å². The van der Waals surface area contributed by atoms with Crippen LogP contribution in [0.25, 0.3) is 0 Å². The van der Waals surface area contributed by atoms with E-state index in [-0.39, 0.29) is 60.2 Å². The minimum absolute atomic E-state index is 0.0197. The van der Waals surface area contributed by atoms with Crippen molar-refractivity contribution in [3.05, 3.63) is 231 Å². The van der Waals surface area contributed by atoms with Crippen molar-refractivity contribution in [1.82, 2.24) is 49.8 Å². The molecule has 0 spiro atoms. The number of halogens is 5. The summed E-state index contributed by atoms with van der Waals surface area (Å²) >= 11 is 29.4. The molecular weight excluding hydrogens is 1670 g/mol. The van der Waals surface area contributed by atoms with Gasteiger partial charge in [-0.1, -0.05) is 88.3 Å². The number of carbonyl (C=O) groups excluding carboxylic acids is 5. The number of hydrogen-bond donors (Lipinski definition) is 6. The summed E-state index contributed by atoms with van der Waals surface area (Å²) in [6, 6.07) is 27.1. The molecule has 600 valence electrons. The van der Waals surface area contributed by atoms with Crippen LogP contribution in [0.5, 0.6) is 0 Å². The molecule has 5 aromatic carbocycles. The van der Waals surface area contributed by atoms with Gasteiger partial charge in [-0.2, -0.15) is 0 Å². The van der Waals surface area contributed by atoms with Gasteiger partial charge in [0.25, 0.3) is 29.5 Å². The molecule has 5 aromatic heterocycles. The average Bonchev–Trinajstić information content (AvgIpc) is 0.833. The van der Waals surface area contributed by atoms with Gasteiger partial charge in [0.15, 0.2) is 28.5 Å². The van der Waals surface area contributed by atoms with Crippen LogP contribution in [0.3, 0.4) is 0 Å². The third-order valence-corrected chi connectivity index (χ3v) is 20.9. The Morgan fingerprint density at radius 2 is 0.416 bits per heavy atom. The minimum Gasteiger partial charge on any atom is -0.397 e. The van der Waals surface area contributed by atoms with Crippen molar-refractivity contribution in [3.63, 3.8) is 0 Å². The standard InChI is InChI=1S/5C14H14ClN3O3S.C2H6O/c5*1-8-4-5-10(6-9(8)2)17-13(19)12-11(15)7-16-14(18-12)22(3,20)21;1-2-3/h5*4-7H,1-3H3,(H,17,19);3H,2H2,1H3. The number of carbonyl (C=O) groups is 5. The van der Waals surface area contributed by atoms with Crippen molar-refractivity contribution in [3.8, 4) is 0 Å². The maximum absolute atomic E-state index is 12.2. The zero-order chi connectivity index (χ0) is 85.2. The highest BCUT2D eigenvalue weighted by Crippen LogP contribution is 2.26. The molecule has 113 heavy (non-hydrogen) atoms. The molecule has 10 rings (SSSR count). The molecule has 6 N–H and O–H groups in total. The van der Waals surface area contributed by atoms with Gasteiger partial charge in [-0.3, -0.25) is 24.0 Å². The van der Waals surface area contributed by atoms with E-state index in [1.807, 2.05) is 99.6 Å². The number of rotatable bonds is 15. The largest absolute Gasteiger partial charge is 0.397 e. The third kappa shape index (κ3) is 28.3. The van der Waals surface area contributed by atoms with Crippen molar-refractivity contribution >= 4 is 165 Å². The van der Waals surface area contributed by atoms with Crippen molar-refractivity contribution in [1.29, 1.82) is 0 Å². The molecule has 0 radical (unpaired) electrons. The first-order valence-corrected chi connectivity index (χ1v) is 43.8. The van der Waals surface area contributed by atoms with Crippen LogP contribution in [0.2, 0.25) is 25.1 Å². The summed E-state index contributed by atoms with van der Waals surface area (Å²) in [6.07, 6.45) is 10.3. The van der Waals surface area contributed by atoms with Crippen molar-refractivity contribution in [2.45, 2.75) is 102 Å². The first-order chi connectivity index (χ1) is 52.3. The third-order valence-electron chi connectivity index (χ3n) is 15.2. The van der Waals surface area contributed by atoms with Crippen LogP contribution in [0.4, 0.5) is 28.4 Å². The average molecular weight is 1750 g/mol. The van der Waals surface area contributed by atoms with Crippen molar-refractivity contribution in [2.24, 2.45) is 0 Å². The number of anilines is 5. The highest BCUT2D eigenvalue weighted by molar-refractivity contribution is 7.91. The number of amides is 5. The van der Waals surface area contributed by atoms with Crippen molar-refractivity contribution < 1.29 is 71.2 Å². The van der Waals surface area contributed by atoms with Crippen LogP contribution in [0.15, 0.2) is 148 Å². The number of benzene rings is 5. The summed E-state index contributed by atoms with van der Waals surface area (Å²) in [5, 5.41) is 18.4. The monoisotopic (exact) mass is 1740 g/mol. The maximum atomic E-state index is 12.2. The number of aromatic nitrogens is 10. The summed E-state index contributed by atoms with van der Waals surface area (Å²) in [5.41, 5.74) is 12.5. The van der Waals surface area contributed by atoms with E-state index in [1.165, 1.54) is 0 Å². The van der Waals surface area contributed by atoms with Gasteiger partial charge in [-0.25, -0.2) is 91.9 Å². The van der Waals surface area contributed by atoms with Crippen LogP contribution >= 0.6 is 58.0 Å². The number of nitrogens with one attached hydrogen (secondary N) is 5. The van der Waals surface area contributed by atoms with Gasteiger partial charge in [-0.05, 0) is 192 Å². The highest BCUT2D eigenvalue weighted by atomic mass is 35.5. The molecular formula is C72H76Cl5N15O16S5. The van der Waals surface area contributed by atoms with Crippen molar-refractivity contribution in [2.75, 3.05) is 64.5 Å². The Balaban J connectivity index is 0.000000250. The molecule has 0 fully saturated rings. The fraction of sp³-hybridized carbons (Fsp3) is 0.236. The fourth-order valence-corrected chi connectivity index (χ4v) is 11.9. The Labute approximate surface area is 678 Å². The predicted octanol–water partition coefficient (Wildman–Crippen LogP) is 12.0. The van der Waals surface area contributed by atoms with Crippen LogP contribution in [0.1, 0.15) is 115 Å². The minimum atomic E-state index is -3.62. The van der Waals surface area contributed by atoms with Gasteiger partial charge >= 0.3 is 0 Å². The number of nitrogens with zero attached hydrogens (tertiary/aromatic N) is 10. The van der Waals surface area contributed by atoms with Gasteiger partial charge in [0, 0.05) is 66.3 Å². The highest BCUT2D eigenvalue weighted by Gasteiger charge is 2.25. The van der Waals surface area contributed by atoms with E-state index in [0.717, 1.165) is 118 Å². The lowest BCUT2D eigenvalue weighted by atomic mass is 10.1. The summed E-state index contributed by atoms with van der Waals surface area (Å²) in [6.45, 7) is 21.3. The van der Waals surface area contributed by atoms with E-state index < -0.39 is 105 Å². The molecule has 0 unspecified atom stereocenters. The van der Waals surface area contributed by atoms with E-state index in [9.17, 15) is 66.1 Å². The first kappa shape index (κ1) is 93.6. The molecule has 31 nitrogen and oxygen atoms in total. The van der Waals surface area contributed by atoms with Gasteiger partial charge in [0.05, 0.1) is 56.1 Å². The van der Waals surface area contributed by atoms with Crippen LogP contribution in [0, 0.1) is 69.2 Å². The Bertz CT molecular complexity index is 5110. The molecule has 10 aromatic rings. The van der Waals surface area contributed by atoms with E-state index in [2.05, 4.69) is 76.4 Å². The van der Waals surface area contributed by atoms with E-state index >= 15 is 0 Å². The number of hydrogen-bond acceptors (Lipinski definition) is 26. The summed E-state index contributed by atoms with van der Waals surface area (Å²) < 4.78 is 115. The fourth-order valence-electron chi connectivity index (χ4n) is 8.49. The number of aryl methyl sites for hydroxylation is 10. The van der Waals surface area contributed by atoms with Gasteiger partial charge in [0.2, 0.25) is 75.0 Å². The number of aliphatic hydroxyl groups is 1. The lowest BCUT2D eigenvalue weighted by Gasteiger charge is -2.08. The van der Waals surface area contributed by atoms with E-state index in [4.69, 9.17) is 63.1 Å². The Kier molecular flexibility index (Phi) is 33.3. The summed E-state index contributed by atoms with van der Waals surface area (Å²) in [5.74, 6) is -2.98. The van der Waals surface area contributed by atoms with E-state index in [0.29, 0.717) is 28.4 Å². The van der Waals surface area contributed by atoms with Crippen LogP contribution in [-0.2, 0) is 49.2 Å². The van der Waals surface area contributed by atoms with E-state index in [1.54, 1.807) is 67.6 Å². The molecule has 0 aliphatic heterocycles. The Morgan fingerprint density at radius 3 is 0.531 bits per heavy atom. The topological polar surface area (TPSA) is 465 Å². The smallest absolute Gasteiger partial charge is 0.275 e. The molecule has 0 bridgehead atoms. The second kappa shape index (κ2) is 40.1. The molecule has 0 saturated heterocycles. The second-order valence-electron chi connectivity index (χ2n) is 24.7. The van der Waals surface area contributed by atoms with Gasteiger partial charge in [0.1, 0.15) is 0 Å². The maximum Gasteiger partial charge on any atom is 0.275 e. The molecule has 5 amide bonds. The SMILES string of the molecule is CCO.Cc1ccc(NC(=O)c2nc(S(C)(=O)=O)ncc2Cl)cc1C.Cc1ccc(NC(=O)c2nc(S(C)(=O)=O)ncc2Cl)cc1C.Cc1ccc(NC(=O)c2nc(S(C)(=O)=O)ncc2Cl)cc1C.Cc1ccc(NC(=O)c2nc(S(C)(=O)=O)ncc2Cl)cc1C.Cc1ccc(NC(=O)c2nc(S(C)(=O)=O)ncc2Cl)cc1C. The number of aliphatic hydroxyl groups excluding tert-OH is 1.